The lowest BCUT2D eigenvalue weighted by Crippen LogP contribution is -2.54. The van der Waals surface area contributed by atoms with Crippen LogP contribution in [0, 0.1) is 0 Å². The summed E-state index contributed by atoms with van der Waals surface area (Å²) in [7, 11) is 0. The third kappa shape index (κ3) is 5.46. The highest BCUT2D eigenvalue weighted by atomic mass is 16.7. The highest BCUT2D eigenvalue weighted by molar-refractivity contribution is 5.76. The first-order valence-electron chi connectivity index (χ1n) is 13.5. The number of H-pyrrole nitrogens is 1. The molecule has 12 heteroatoms. The number of imidazole rings is 1. The Bertz CT molecular complexity index is 1550. The fourth-order valence-electron chi connectivity index (χ4n) is 5.34. The van der Waals surface area contributed by atoms with Crippen LogP contribution < -0.4 is 29.2 Å². The molecule has 0 radical (unpaired) electrons. The van der Waals surface area contributed by atoms with E-state index in [1.807, 2.05) is 36.4 Å². The minimum Gasteiger partial charge on any atom is -0.454 e. The zero-order valence-electron chi connectivity index (χ0n) is 22.3. The molecular weight excluding hydrogens is 526 g/mol. The summed E-state index contributed by atoms with van der Waals surface area (Å²) in [6, 6.07) is 13.6. The minimum absolute atomic E-state index is 0.0239. The van der Waals surface area contributed by atoms with Gasteiger partial charge >= 0.3 is 0 Å². The molecule has 1 atom stereocenters. The number of hydrogen-bond donors (Lipinski definition) is 2. The van der Waals surface area contributed by atoms with Gasteiger partial charge in [-0.25, -0.2) is 15.0 Å². The standard InChI is InChI=1S/C29H29N7O5/c37-27(33-14-19-1-3-22-24(11-19)40-17-38-22)13-21-16-36(26-5-6-30-29(34-26)28-31-7-8-32-28)10-9-35(21)15-20-2-4-23-25(12-20)41-18-39-23/h1-8,11-12,21H,9-10,13-18H2,(H,31,32)(H,33,37). The molecule has 2 aromatic carbocycles. The van der Waals surface area contributed by atoms with E-state index in [1.165, 1.54) is 0 Å². The summed E-state index contributed by atoms with van der Waals surface area (Å²) >= 11 is 0. The van der Waals surface area contributed by atoms with Crippen molar-refractivity contribution in [2.24, 2.45) is 0 Å². The van der Waals surface area contributed by atoms with Crippen molar-refractivity contribution in [3.8, 4) is 34.6 Å². The molecule has 1 saturated heterocycles. The van der Waals surface area contributed by atoms with E-state index in [0.29, 0.717) is 43.5 Å². The maximum atomic E-state index is 13.2. The summed E-state index contributed by atoms with van der Waals surface area (Å²) in [6.45, 7) is 3.71. The van der Waals surface area contributed by atoms with Crippen molar-refractivity contribution in [2.75, 3.05) is 38.1 Å². The maximum absolute atomic E-state index is 13.2. The van der Waals surface area contributed by atoms with Crippen LogP contribution >= 0.6 is 0 Å². The lowest BCUT2D eigenvalue weighted by atomic mass is 10.1. The van der Waals surface area contributed by atoms with Crippen LogP contribution in [0.15, 0.2) is 61.1 Å². The van der Waals surface area contributed by atoms with Gasteiger partial charge in [-0.3, -0.25) is 9.69 Å². The fourth-order valence-corrected chi connectivity index (χ4v) is 5.34. The Hall–Kier alpha value is -4.84. The quantitative estimate of drug-likeness (QED) is 0.335. The van der Waals surface area contributed by atoms with E-state index >= 15 is 0 Å². The zero-order valence-corrected chi connectivity index (χ0v) is 22.3. The Morgan fingerprint density at radius 1 is 0.902 bits per heavy atom. The van der Waals surface area contributed by atoms with Gasteiger partial charge in [-0.1, -0.05) is 12.1 Å². The molecule has 1 amide bonds. The Morgan fingerprint density at radius 3 is 2.44 bits per heavy atom. The third-order valence-corrected chi connectivity index (χ3v) is 7.45. The number of fused-ring (bicyclic) bond motifs is 2. The first kappa shape index (κ1) is 25.1. The van der Waals surface area contributed by atoms with E-state index in [1.54, 1.807) is 18.6 Å². The van der Waals surface area contributed by atoms with Crippen LogP contribution in [0.2, 0.25) is 0 Å². The maximum Gasteiger partial charge on any atom is 0.231 e. The average molecular weight is 556 g/mol. The monoisotopic (exact) mass is 555 g/mol. The van der Waals surface area contributed by atoms with Gasteiger partial charge in [0.1, 0.15) is 5.82 Å². The number of benzene rings is 2. The molecule has 210 valence electrons. The van der Waals surface area contributed by atoms with Gasteiger partial charge in [-0.2, -0.15) is 0 Å². The van der Waals surface area contributed by atoms with Crippen molar-refractivity contribution in [3.63, 3.8) is 0 Å². The molecule has 7 rings (SSSR count). The van der Waals surface area contributed by atoms with Crippen LogP contribution in [0.3, 0.4) is 0 Å². The second kappa shape index (κ2) is 11.0. The number of anilines is 1. The summed E-state index contributed by atoms with van der Waals surface area (Å²) in [4.78, 5) is 34.3. The topological polar surface area (TPSA) is 127 Å². The SMILES string of the molecule is O=C(CC1CN(c2ccnc(-c3ncc[nH]3)n2)CCN1Cc1ccc2c(c1)OCO2)NCc1ccc2c(c1)OCO2. The van der Waals surface area contributed by atoms with Crippen LogP contribution in [0.5, 0.6) is 23.0 Å². The number of carbonyl (C=O) groups excluding carboxylic acids is 1. The summed E-state index contributed by atoms with van der Waals surface area (Å²) in [5.41, 5.74) is 2.06. The van der Waals surface area contributed by atoms with E-state index in [-0.39, 0.29) is 25.5 Å². The van der Waals surface area contributed by atoms with Crippen molar-refractivity contribution < 1.29 is 23.7 Å². The molecule has 2 aromatic heterocycles. The molecule has 0 bridgehead atoms. The molecule has 0 saturated carbocycles. The normalized spacial score (nSPS) is 17.6. The minimum atomic E-state index is -0.0482. The molecule has 5 heterocycles. The number of ether oxygens (including phenoxy) is 4. The van der Waals surface area contributed by atoms with Crippen LogP contribution in [0.1, 0.15) is 17.5 Å². The van der Waals surface area contributed by atoms with Gasteiger partial charge in [0.15, 0.2) is 34.6 Å². The summed E-state index contributed by atoms with van der Waals surface area (Å²) < 4.78 is 21.9. The van der Waals surface area contributed by atoms with Gasteiger partial charge in [0.2, 0.25) is 19.5 Å². The number of nitrogens with zero attached hydrogens (tertiary/aromatic N) is 5. The van der Waals surface area contributed by atoms with Gasteiger partial charge < -0.3 is 34.1 Å². The number of amides is 1. The summed E-state index contributed by atoms with van der Waals surface area (Å²) in [6.07, 6.45) is 5.50. The Balaban J connectivity index is 1.07. The molecular formula is C29H29N7O5. The molecule has 2 N–H and O–H groups in total. The average Bonchev–Trinajstić information content (AvgIpc) is 3.79. The van der Waals surface area contributed by atoms with E-state index in [4.69, 9.17) is 23.9 Å². The van der Waals surface area contributed by atoms with Gasteiger partial charge in [-0.15, -0.1) is 0 Å². The predicted molar refractivity (Wildman–Crippen MR) is 148 cm³/mol. The number of carbonyl (C=O) groups is 1. The molecule has 0 spiro atoms. The second-order valence-electron chi connectivity index (χ2n) is 10.1. The summed E-state index contributed by atoms with van der Waals surface area (Å²) in [5.74, 6) is 4.87. The number of rotatable bonds is 8. The van der Waals surface area contributed by atoms with E-state index in [0.717, 1.165) is 47.3 Å². The van der Waals surface area contributed by atoms with E-state index < -0.39 is 0 Å². The van der Waals surface area contributed by atoms with E-state index in [9.17, 15) is 4.79 Å². The first-order valence-corrected chi connectivity index (χ1v) is 13.5. The van der Waals surface area contributed by atoms with Gasteiger partial charge in [0, 0.05) is 63.8 Å². The van der Waals surface area contributed by atoms with Crippen LogP contribution in [0.4, 0.5) is 5.82 Å². The number of piperazine rings is 1. The highest BCUT2D eigenvalue weighted by Crippen LogP contribution is 2.34. The molecule has 1 unspecified atom stereocenters. The largest absolute Gasteiger partial charge is 0.454 e. The van der Waals surface area contributed by atoms with Crippen molar-refractivity contribution in [3.05, 3.63) is 72.2 Å². The van der Waals surface area contributed by atoms with Crippen LogP contribution in [-0.2, 0) is 17.9 Å². The Morgan fingerprint density at radius 2 is 1.66 bits per heavy atom. The number of aromatic amines is 1. The van der Waals surface area contributed by atoms with Gasteiger partial charge in [0.25, 0.3) is 0 Å². The Kier molecular flexibility index (Phi) is 6.73. The molecule has 4 aromatic rings. The molecule has 3 aliphatic rings. The molecule has 1 fully saturated rings. The lowest BCUT2D eigenvalue weighted by molar-refractivity contribution is -0.122. The number of nitrogens with one attached hydrogen (secondary N) is 2. The smallest absolute Gasteiger partial charge is 0.231 e. The van der Waals surface area contributed by atoms with Gasteiger partial charge in [0.05, 0.1) is 0 Å². The first-order chi connectivity index (χ1) is 20.2. The number of hydrogen-bond acceptors (Lipinski definition) is 10. The highest BCUT2D eigenvalue weighted by Gasteiger charge is 2.30. The van der Waals surface area contributed by atoms with E-state index in [2.05, 4.69) is 36.1 Å². The van der Waals surface area contributed by atoms with Crippen LogP contribution in [0.25, 0.3) is 11.6 Å². The number of aromatic nitrogens is 4. The second-order valence-corrected chi connectivity index (χ2v) is 10.1. The molecule has 0 aliphatic carbocycles. The zero-order chi connectivity index (χ0) is 27.6. The van der Waals surface area contributed by atoms with Crippen molar-refractivity contribution in [1.82, 2.24) is 30.2 Å². The Labute approximate surface area is 236 Å². The van der Waals surface area contributed by atoms with Crippen molar-refractivity contribution in [1.29, 1.82) is 0 Å². The molecule has 3 aliphatic heterocycles. The molecule has 12 nitrogen and oxygen atoms in total. The predicted octanol–water partition coefficient (Wildman–Crippen LogP) is 2.72. The fraction of sp³-hybridized carbons (Fsp3) is 0.310. The van der Waals surface area contributed by atoms with Crippen LogP contribution in [-0.4, -0.2) is 70.0 Å². The molecule has 41 heavy (non-hydrogen) atoms. The lowest BCUT2D eigenvalue weighted by Gasteiger charge is -2.42. The third-order valence-electron chi connectivity index (χ3n) is 7.45. The van der Waals surface area contributed by atoms with Gasteiger partial charge in [-0.05, 0) is 41.5 Å². The van der Waals surface area contributed by atoms with Crippen molar-refractivity contribution in [2.45, 2.75) is 25.6 Å². The van der Waals surface area contributed by atoms with Crippen molar-refractivity contribution >= 4 is 11.7 Å². The summed E-state index contributed by atoms with van der Waals surface area (Å²) in [5, 5.41) is 3.08.